The van der Waals surface area contributed by atoms with Gasteiger partial charge in [-0.1, -0.05) is 0 Å². The Bertz CT molecular complexity index is 787. The highest BCUT2D eigenvalue weighted by molar-refractivity contribution is 5.95. The zero-order valence-corrected chi connectivity index (χ0v) is 15.7. The fourth-order valence-corrected chi connectivity index (χ4v) is 3.04. The number of carbonyl (C=O) groups excluding carboxylic acids is 1. The van der Waals surface area contributed by atoms with Crippen molar-refractivity contribution in [1.82, 2.24) is 19.8 Å². The van der Waals surface area contributed by atoms with Crippen LogP contribution in [0.15, 0.2) is 30.6 Å². The first kappa shape index (κ1) is 20.9. The fourth-order valence-electron chi connectivity index (χ4n) is 3.04. The molecule has 0 bridgehead atoms. The van der Waals surface area contributed by atoms with Crippen molar-refractivity contribution in [2.75, 3.05) is 26.7 Å². The molecule has 0 aliphatic carbocycles. The van der Waals surface area contributed by atoms with Crippen molar-refractivity contribution in [3.05, 3.63) is 42.0 Å². The fraction of sp³-hybridized carbons (Fsp3) is 0.412. The molecule has 148 valence electrons. The first-order valence-corrected chi connectivity index (χ1v) is 8.13. The maximum absolute atomic E-state index is 13.0. The third-order valence-corrected chi connectivity index (χ3v) is 4.29. The Kier molecular flexibility index (Phi) is 6.98. The van der Waals surface area contributed by atoms with Crippen LogP contribution >= 0.6 is 12.4 Å². The lowest BCUT2D eigenvalue weighted by Crippen LogP contribution is -2.49. The van der Waals surface area contributed by atoms with Gasteiger partial charge in [-0.2, -0.15) is 8.78 Å². The van der Waals surface area contributed by atoms with Gasteiger partial charge in [-0.25, -0.2) is 4.98 Å². The van der Waals surface area contributed by atoms with E-state index >= 15 is 0 Å². The summed E-state index contributed by atoms with van der Waals surface area (Å²) < 4.78 is 36.6. The minimum atomic E-state index is -3.01. The van der Waals surface area contributed by atoms with Crippen molar-refractivity contribution in [2.24, 2.45) is 7.05 Å². The van der Waals surface area contributed by atoms with Gasteiger partial charge in [-0.3, -0.25) is 4.79 Å². The Hall–Kier alpha value is -2.39. The van der Waals surface area contributed by atoms with E-state index in [9.17, 15) is 13.6 Å². The molecule has 0 spiro atoms. The van der Waals surface area contributed by atoms with Crippen molar-refractivity contribution < 1.29 is 23.0 Å². The smallest absolute Gasteiger partial charge is 0.387 e. The molecule has 10 heteroatoms. The molecule has 2 heterocycles. The number of nitrogens with one attached hydrogen (secondary N) is 1. The van der Waals surface area contributed by atoms with Gasteiger partial charge in [0.1, 0.15) is 11.9 Å². The molecule has 1 aliphatic rings. The molecule has 1 unspecified atom stereocenters. The summed E-state index contributed by atoms with van der Waals surface area (Å²) in [7, 11) is 3.21. The van der Waals surface area contributed by atoms with E-state index in [4.69, 9.17) is 4.74 Å². The standard InChI is InChI=1S/C17H20F2N4O3.ClH/c1-22-7-6-21-15(22)12-10-20-5-8-23(12)16(24)11-3-4-13(25-2)14(9-11)26-17(18)19;/h3-4,6-7,9,12,17,20H,5,8,10H2,1-2H3;1H. The van der Waals surface area contributed by atoms with Crippen molar-refractivity contribution in [3.63, 3.8) is 0 Å². The number of carbonyl (C=O) groups is 1. The van der Waals surface area contributed by atoms with Gasteiger partial charge in [0.15, 0.2) is 11.5 Å². The second-order valence-corrected chi connectivity index (χ2v) is 5.86. The van der Waals surface area contributed by atoms with E-state index in [0.717, 1.165) is 5.82 Å². The molecule has 0 saturated carbocycles. The van der Waals surface area contributed by atoms with E-state index < -0.39 is 6.61 Å². The molecular formula is C17H21ClF2N4O3. The molecule has 7 nitrogen and oxygen atoms in total. The third-order valence-electron chi connectivity index (χ3n) is 4.29. The van der Waals surface area contributed by atoms with Gasteiger partial charge in [0.2, 0.25) is 0 Å². The molecule has 1 aliphatic heterocycles. The Labute approximate surface area is 161 Å². The van der Waals surface area contributed by atoms with E-state index in [1.165, 1.54) is 25.3 Å². The lowest BCUT2D eigenvalue weighted by Gasteiger charge is -2.35. The van der Waals surface area contributed by atoms with Crippen LogP contribution in [0.4, 0.5) is 8.78 Å². The maximum Gasteiger partial charge on any atom is 0.387 e. The van der Waals surface area contributed by atoms with Crippen LogP contribution in [0.1, 0.15) is 22.2 Å². The number of aryl methyl sites for hydroxylation is 1. The molecule has 1 fully saturated rings. The van der Waals surface area contributed by atoms with Gasteiger partial charge in [0.05, 0.1) is 7.11 Å². The SMILES string of the molecule is COc1ccc(C(=O)N2CCNCC2c2nccn2C)cc1OC(F)F.Cl. The number of imidazole rings is 1. The van der Waals surface area contributed by atoms with Crippen LogP contribution in [-0.4, -0.2) is 53.7 Å². The second-order valence-electron chi connectivity index (χ2n) is 5.86. The summed E-state index contributed by atoms with van der Waals surface area (Å²) in [6, 6.07) is 4.02. The second kappa shape index (κ2) is 9.01. The number of alkyl halides is 2. The zero-order chi connectivity index (χ0) is 18.7. The Morgan fingerprint density at radius 1 is 1.37 bits per heavy atom. The molecule has 1 saturated heterocycles. The molecule has 0 radical (unpaired) electrons. The summed E-state index contributed by atoms with van der Waals surface area (Å²) in [5.41, 5.74) is 0.252. The van der Waals surface area contributed by atoms with Crippen molar-refractivity contribution in [2.45, 2.75) is 12.7 Å². The number of methoxy groups -OCH3 is 1. The minimum Gasteiger partial charge on any atom is -0.493 e. The number of hydrogen-bond acceptors (Lipinski definition) is 5. The highest BCUT2D eigenvalue weighted by Gasteiger charge is 2.31. The molecule has 1 N–H and O–H groups in total. The molecule has 3 rings (SSSR count). The van der Waals surface area contributed by atoms with Crippen molar-refractivity contribution >= 4 is 18.3 Å². The summed E-state index contributed by atoms with van der Waals surface area (Å²) in [6.07, 6.45) is 3.49. The van der Waals surface area contributed by atoms with Crippen LogP contribution in [-0.2, 0) is 7.05 Å². The summed E-state index contributed by atoms with van der Waals surface area (Å²) in [5.74, 6) is 0.448. The van der Waals surface area contributed by atoms with Crippen LogP contribution in [0.3, 0.4) is 0 Å². The van der Waals surface area contributed by atoms with Crippen molar-refractivity contribution in [3.8, 4) is 11.5 Å². The average molecular weight is 403 g/mol. The number of amides is 1. The number of benzene rings is 1. The third kappa shape index (κ3) is 4.48. The zero-order valence-electron chi connectivity index (χ0n) is 14.9. The predicted molar refractivity (Wildman–Crippen MR) is 96.7 cm³/mol. The quantitative estimate of drug-likeness (QED) is 0.830. The van der Waals surface area contributed by atoms with E-state index in [2.05, 4.69) is 15.0 Å². The predicted octanol–water partition coefficient (Wildman–Crippen LogP) is 2.24. The van der Waals surface area contributed by atoms with Gasteiger partial charge < -0.3 is 24.3 Å². The van der Waals surface area contributed by atoms with E-state index in [1.807, 2.05) is 17.8 Å². The molecule has 2 aromatic rings. The summed E-state index contributed by atoms with van der Waals surface area (Å²) in [6.45, 7) is -1.32. The summed E-state index contributed by atoms with van der Waals surface area (Å²) in [5, 5.41) is 3.25. The van der Waals surface area contributed by atoms with Gasteiger partial charge >= 0.3 is 6.61 Å². The Morgan fingerprint density at radius 3 is 2.78 bits per heavy atom. The first-order chi connectivity index (χ1) is 12.5. The van der Waals surface area contributed by atoms with E-state index in [1.54, 1.807) is 11.1 Å². The van der Waals surface area contributed by atoms with Crippen LogP contribution < -0.4 is 14.8 Å². The molecular weight excluding hydrogens is 382 g/mol. The number of halogens is 3. The molecule has 1 aromatic heterocycles. The highest BCUT2D eigenvalue weighted by Crippen LogP contribution is 2.31. The molecule has 1 amide bonds. The van der Waals surface area contributed by atoms with Crippen LogP contribution in [0, 0.1) is 0 Å². The minimum absolute atomic E-state index is 0. The lowest BCUT2D eigenvalue weighted by atomic mass is 10.1. The maximum atomic E-state index is 13.0. The van der Waals surface area contributed by atoms with Gasteiger partial charge in [0, 0.05) is 44.6 Å². The van der Waals surface area contributed by atoms with Gasteiger partial charge in [-0.15, -0.1) is 12.4 Å². The normalized spacial score (nSPS) is 16.8. The first-order valence-electron chi connectivity index (χ1n) is 8.13. The summed E-state index contributed by atoms with van der Waals surface area (Å²) in [4.78, 5) is 19.1. The van der Waals surface area contributed by atoms with Crippen LogP contribution in [0.5, 0.6) is 11.5 Å². The topological polar surface area (TPSA) is 68.6 Å². The van der Waals surface area contributed by atoms with Crippen LogP contribution in [0.2, 0.25) is 0 Å². The molecule has 1 aromatic carbocycles. The van der Waals surface area contributed by atoms with Crippen molar-refractivity contribution in [1.29, 1.82) is 0 Å². The monoisotopic (exact) mass is 402 g/mol. The number of aromatic nitrogens is 2. The van der Waals surface area contributed by atoms with Crippen LogP contribution in [0.25, 0.3) is 0 Å². The number of rotatable bonds is 5. The number of piperazine rings is 1. The number of hydrogen-bond donors (Lipinski definition) is 1. The number of ether oxygens (including phenoxy) is 2. The lowest BCUT2D eigenvalue weighted by molar-refractivity contribution is -0.0512. The van der Waals surface area contributed by atoms with Gasteiger partial charge in [-0.05, 0) is 18.2 Å². The molecule has 27 heavy (non-hydrogen) atoms. The average Bonchev–Trinajstić information content (AvgIpc) is 3.06. The Morgan fingerprint density at radius 2 is 2.15 bits per heavy atom. The number of nitrogens with zero attached hydrogens (tertiary/aromatic N) is 3. The Balaban J connectivity index is 0.00000261. The van der Waals surface area contributed by atoms with E-state index in [-0.39, 0.29) is 41.4 Å². The molecule has 1 atom stereocenters. The van der Waals surface area contributed by atoms with Gasteiger partial charge in [0.25, 0.3) is 5.91 Å². The summed E-state index contributed by atoms with van der Waals surface area (Å²) >= 11 is 0. The largest absolute Gasteiger partial charge is 0.493 e. The highest BCUT2D eigenvalue weighted by atomic mass is 35.5. The van der Waals surface area contributed by atoms with E-state index in [0.29, 0.717) is 19.6 Å².